The Bertz CT molecular complexity index is 639. The molecule has 104 valence electrons. The van der Waals surface area contributed by atoms with Crippen LogP contribution in [0.4, 0.5) is 0 Å². The second-order valence-electron chi connectivity index (χ2n) is 5.28. The van der Waals surface area contributed by atoms with Gasteiger partial charge in [-0.15, -0.1) is 11.3 Å². The average molecular weight is 289 g/mol. The van der Waals surface area contributed by atoms with Crippen molar-refractivity contribution in [3.63, 3.8) is 0 Å². The Balaban J connectivity index is 2.13. The molecule has 5 nitrogen and oxygen atoms in total. The molecule has 2 rings (SSSR count). The first kappa shape index (κ1) is 14.3. The maximum atomic E-state index is 10.7. The molecule has 2 aromatic heterocycles. The molecule has 2 heterocycles. The van der Waals surface area contributed by atoms with Crippen molar-refractivity contribution < 1.29 is 9.90 Å². The van der Waals surface area contributed by atoms with Crippen molar-refractivity contribution >= 4 is 29.5 Å². The van der Waals surface area contributed by atoms with E-state index in [1.54, 1.807) is 17.4 Å². The monoisotopic (exact) mass is 289 g/mol. The van der Waals surface area contributed by atoms with E-state index in [0.717, 1.165) is 9.88 Å². The van der Waals surface area contributed by atoms with Crippen molar-refractivity contribution in [3.8, 4) is 0 Å². The predicted octanol–water partition coefficient (Wildman–Crippen LogP) is 3.10. The Morgan fingerprint density at radius 1 is 1.15 bits per heavy atom. The largest absolute Gasteiger partial charge is 0.476 e. The van der Waals surface area contributed by atoms with E-state index in [9.17, 15) is 4.79 Å². The average Bonchev–Trinajstić information content (AvgIpc) is 2.85. The molecular weight excluding hydrogens is 274 g/mol. The lowest BCUT2D eigenvalue weighted by Gasteiger charge is -2.13. The van der Waals surface area contributed by atoms with Crippen molar-refractivity contribution in [1.82, 2.24) is 15.0 Å². The van der Waals surface area contributed by atoms with Crippen LogP contribution in [0.5, 0.6) is 0 Å². The first-order valence-corrected chi connectivity index (χ1v) is 6.87. The van der Waals surface area contributed by atoms with E-state index in [-0.39, 0.29) is 11.1 Å². The number of hydrogen-bond acceptors (Lipinski definition) is 5. The third kappa shape index (κ3) is 3.48. The Kier molecular flexibility index (Phi) is 3.94. The lowest BCUT2D eigenvalue weighted by atomic mass is 9.98. The number of carbonyl (C=O) groups is 1. The zero-order valence-electron chi connectivity index (χ0n) is 11.5. The van der Waals surface area contributed by atoms with Crippen LogP contribution >= 0.6 is 11.3 Å². The zero-order valence-corrected chi connectivity index (χ0v) is 12.3. The number of hydrogen-bond donors (Lipinski definition) is 1. The molecular formula is C14H15N3O2S. The minimum Gasteiger partial charge on any atom is -0.476 e. The number of carboxylic acids is 1. The van der Waals surface area contributed by atoms with Gasteiger partial charge in [-0.05, 0) is 12.2 Å². The topological polar surface area (TPSA) is 76.0 Å². The van der Waals surface area contributed by atoms with Crippen LogP contribution < -0.4 is 0 Å². The molecule has 1 N–H and O–H groups in total. The number of aromatic carboxylic acids is 1. The zero-order chi connectivity index (χ0) is 14.8. The minimum absolute atomic E-state index is 0.0414. The molecule has 6 heteroatoms. The van der Waals surface area contributed by atoms with E-state index >= 15 is 0 Å². The first-order valence-electron chi connectivity index (χ1n) is 6.06. The molecule has 0 saturated carbocycles. The number of aromatic nitrogens is 3. The second-order valence-corrected chi connectivity index (χ2v) is 6.34. The van der Waals surface area contributed by atoms with Crippen molar-refractivity contribution in [1.29, 1.82) is 0 Å². The Labute approximate surface area is 121 Å². The van der Waals surface area contributed by atoms with Crippen LogP contribution in [0.2, 0.25) is 0 Å². The molecule has 20 heavy (non-hydrogen) atoms. The van der Waals surface area contributed by atoms with Gasteiger partial charge in [0.25, 0.3) is 0 Å². The molecule has 0 atom stereocenters. The van der Waals surface area contributed by atoms with E-state index < -0.39 is 5.97 Å². The molecule has 0 spiro atoms. The van der Waals surface area contributed by atoms with E-state index in [2.05, 4.69) is 35.7 Å². The summed E-state index contributed by atoms with van der Waals surface area (Å²) < 4.78 is 0. The third-order valence-electron chi connectivity index (χ3n) is 2.47. The molecule has 0 aliphatic carbocycles. The third-order valence-corrected chi connectivity index (χ3v) is 3.86. The summed E-state index contributed by atoms with van der Waals surface area (Å²) in [4.78, 5) is 23.9. The maximum Gasteiger partial charge on any atom is 0.356 e. The lowest BCUT2D eigenvalue weighted by molar-refractivity contribution is 0.0690. The summed E-state index contributed by atoms with van der Waals surface area (Å²) >= 11 is 1.63. The summed E-state index contributed by atoms with van der Waals surface area (Å²) in [5.41, 5.74) is 0.593. The smallest absolute Gasteiger partial charge is 0.356 e. The highest BCUT2D eigenvalue weighted by Gasteiger charge is 2.17. The summed E-state index contributed by atoms with van der Waals surface area (Å²) in [6.45, 7) is 6.36. The van der Waals surface area contributed by atoms with Gasteiger partial charge in [-0.25, -0.2) is 14.8 Å². The van der Waals surface area contributed by atoms with Crippen LogP contribution in [-0.4, -0.2) is 26.0 Å². The highest BCUT2D eigenvalue weighted by atomic mass is 32.1. The van der Waals surface area contributed by atoms with Crippen molar-refractivity contribution in [3.05, 3.63) is 39.9 Å². The molecule has 0 unspecified atom stereocenters. The fraction of sp³-hybridized carbons (Fsp3) is 0.286. The molecule has 0 fully saturated rings. The van der Waals surface area contributed by atoms with Gasteiger partial charge in [0.05, 0.1) is 23.1 Å². The molecule has 0 bridgehead atoms. The van der Waals surface area contributed by atoms with Crippen LogP contribution in [0.1, 0.15) is 46.8 Å². The number of carboxylic acid groups (broad SMARTS) is 1. The van der Waals surface area contributed by atoms with Gasteiger partial charge in [0.15, 0.2) is 5.69 Å². The van der Waals surface area contributed by atoms with Gasteiger partial charge in [0, 0.05) is 16.5 Å². The standard InChI is InChI=1S/C14H15N3O2S/c1-14(2,3)13-17-7-10(20-13)5-4-9-6-16-11(8-15-9)12(18)19/h4-8H,1-3H3,(H,18,19). The summed E-state index contributed by atoms with van der Waals surface area (Å²) in [7, 11) is 0. The molecule has 0 aromatic carbocycles. The van der Waals surface area contributed by atoms with Gasteiger partial charge >= 0.3 is 5.97 Å². The quantitative estimate of drug-likeness (QED) is 0.939. The summed E-state index contributed by atoms with van der Waals surface area (Å²) in [6.07, 6.45) is 8.19. The fourth-order valence-corrected chi connectivity index (χ4v) is 2.29. The molecule has 0 aliphatic rings. The van der Waals surface area contributed by atoms with Crippen molar-refractivity contribution in [2.24, 2.45) is 0 Å². The second kappa shape index (κ2) is 5.50. The highest BCUT2D eigenvalue weighted by molar-refractivity contribution is 7.12. The highest BCUT2D eigenvalue weighted by Crippen LogP contribution is 2.27. The van der Waals surface area contributed by atoms with Gasteiger partial charge in [-0.3, -0.25) is 4.98 Å². The molecule has 0 aliphatic heterocycles. The maximum absolute atomic E-state index is 10.7. The van der Waals surface area contributed by atoms with Crippen molar-refractivity contribution in [2.45, 2.75) is 26.2 Å². The summed E-state index contributed by atoms with van der Waals surface area (Å²) in [5, 5.41) is 9.81. The molecule has 0 saturated heterocycles. The van der Waals surface area contributed by atoms with Crippen LogP contribution in [0.15, 0.2) is 18.6 Å². The Hall–Kier alpha value is -2.08. The molecule has 0 radical (unpaired) electrons. The SMILES string of the molecule is CC(C)(C)c1ncc(C=Cc2cnc(C(=O)O)cn2)s1. The summed E-state index contributed by atoms with van der Waals surface area (Å²) in [6, 6.07) is 0. The van der Waals surface area contributed by atoms with E-state index in [4.69, 9.17) is 5.11 Å². The van der Waals surface area contributed by atoms with Crippen LogP contribution in [0.3, 0.4) is 0 Å². The van der Waals surface area contributed by atoms with Crippen molar-refractivity contribution in [2.75, 3.05) is 0 Å². The summed E-state index contributed by atoms with van der Waals surface area (Å²) in [5.74, 6) is -1.08. The Morgan fingerprint density at radius 2 is 1.90 bits per heavy atom. The Morgan fingerprint density at radius 3 is 2.40 bits per heavy atom. The van der Waals surface area contributed by atoms with E-state index in [1.165, 1.54) is 12.4 Å². The van der Waals surface area contributed by atoms with Gasteiger partial charge < -0.3 is 5.11 Å². The van der Waals surface area contributed by atoms with Gasteiger partial charge in [-0.1, -0.05) is 20.8 Å². The van der Waals surface area contributed by atoms with Crippen LogP contribution in [0.25, 0.3) is 12.2 Å². The molecule has 2 aromatic rings. The predicted molar refractivity (Wildman–Crippen MR) is 78.7 cm³/mol. The first-order chi connectivity index (χ1) is 9.36. The van der Waals surface area contributed by atoms with Gasteiger partial charge in [-0.2, -0.15) is 0 Å². The fourth-order valence-electron chi connectivity index (χ4n) is 1.41. The molecule has 0 amide bonds. The van der Waals surface area contributed by atoms with Gasteiger partial charge in [0.2, 0.25) is 0 Å². The van der Waals surface area contributed by atoms with Gasteiger partial charge in [0.1, 0.15) is 0 Å². The lowest BCUT2D eigenvalue weighted by Crippen LogP contribution is -2.09. The number of nitrogens with zero attached hydrogens (tertiary/aromatic N) is 3. The van der Waals surface area contributed by atoms with E-state index in [1.807, 2.05) is 12.3 Å². The number of thiazole rings is 1. The van der Waals surface area contributed by atoms with Crippen LogP contribution in [0, 0.1) is 0 Å². The van der Waals surface area contributed by atoms with Crippen LogP contribution in [-0.2, 0) is 5.41 Å². The number of rotatable bonds is 3. The van der Waals surface area contributed by atoms with E-state index in [0.29, 0.717) is 5.69 Å². The normalized spacial score (nSPS) is 11.9. The minimum atomic E-state index is -1.08.